The summed E-state index contributed by atoms with van der Waals surface area (Å²) in [4.78, 5) is 11.9. The van der Waals surface area contributed by atoms with Crippen LogP contribution >= 0.6 is 0 Å². The molecule has 1 heteroatoms. The van der Waals surface area contributed by atoms with Crippen LogP contribution in [0.25, 0.3) is 0 Å². The lowest BCUT2D eigenvalue weighted by atomic mass is 9.47. The van der Waals surface area contributed by atoms with Crippen LogP contribution in [0.15, 0.2) is 36.5 Å². The zero-order chi connectivity index (χ0) is 18.5. The molecule has 0 spiro atoms. The minimum atomic E-state index is 0.379. The van der Waals surface area contributed by atoms with Crippen molar-refractivity contribution in [1.29, 1.82) is 0 Å². The van der Waals surface area contributed by atoms with E-state index in [9.17, 15) is 4.79 Å². The molecule has 0 bridgehead atoms. The molecule has 0 aliphatic heterocycles. The van der Waals surface area contributed by atoms with Gasteiger partial charge in [0.25, 0.3) is 0 Å². The fraction of sp³-hybridized carbons (Fsp3) is 0.720. The highest BCUT2D eigenvalue weighted by atomic mass is 16.1. The van der Waals surface area contributed by atoms with Gasteiger partial charge in [0.1, 0.15) is 0 Å². The highest BCUT2D eigenvalue weighted by Gasteiger charge is 2.58. The Morgan fingerprint density at radius 2 is 2.12 bits per heavy atom. The van der Waals surface area contributed by atoms with Gasteiger partial charge in [-0.3, -0.25) is 4.79 Å². The number of ketones is 1. The van der Waals surface area contributed by atoms with Crippen molar-refractivity contribution in [1.82, 2.24) is 0 Å². The summed E-state index contributed by atoms with van der Waals surface area (Å²) in [5.74, 6) is 5.25. The Morgan fingerprint density at radius 3 is 2.85 bits per heavy atom. The van der Waals surface area contributed by atoms with E-state index in [0.29, 0.717) is 17.1 Å². The van der Waals surface area contributed by atoms with Crippen LogP contribution in [-0.4, -0.2) is 5.78 Å². The van der Waals surface area contributed by atoms with E-state index in [1.165, 1.54) is 49.7 Å². The maximum atomic E-state index is 11.9. The molecule has 26 heavy (non-hydrogen) atoms. The van der Waals surface area contributed by atoms with Gasteiger partial charge in [0.15, 0.2) is 5.78 Å². The van der Waals surface area contributed by atoms with Crippen molar-refractivity contribution < 1.29 is 4.79 Å². The van der Waals surface area contributed by atoms with Crippen molar-refractivity contribution >= 4 is 5.78 Å². The Kier molecular flexibility index (Phi) is 4.78. The average Bonchev–Trinajstić information content (AvgIpc) is 2.99. The van der Waals surface area contributed by atoms with Gasteiger partial charge >= 0.3 is 0 Å². The van der Waals surface area contributed by atoms with E-state index in [1.54, 1.807) is 0 Å². The Bertz CT molecular complexity index is 641. The van der Waals surface area contributed by atoms with Crippen LogP contribution < -0.4 is 0 Å². The van der Waals surface area contributed by atoms with E-state index in [2.05, 4.69) is 27.0 Å². The second-order valence-corrected chi connectivity index (χ2v) is 9.83. The number of fused-ring (bicyclic) bond motifs is 5. The van der Waals surface area contributed by atoms with Gasteiger partial charge in [-0.1, -0.05) is 44.2 Å². The first-order valence-electron chi connectivity index (χ1n) is 11.0. The van der Waals surface area contributed by atoms with Crippen LogP contribution in [-0.2, 0) is 4.79 Å². The predicted molar refractivity (Wildman–Crippen MR) is 109 cm³/mol. The molecule has 0 saturated heterocycles. The molecular weight excluding hydrogens is 316 g/mol. The fourth-order valence-electron chi connectivity index (χ4n) is 7.95. The molecule has 0 aromatic heterocycles. The van der Waals surface area contributed by atoms with Crippen LogP contribution in [0.4, 0.5) is 0 Å². The summed E-state index contributed by atoms with van der Waals surface area (Å²) in [5, 5.41) is 0. The first-order valence-corrected chi connectivity index (χ1v) is 11.0. The van der Waals surface area contributed by atoms with Crippen LogP contribution in [0, 0.1) is 40.9 Å². The molecule has 1 nitrogen and oxygen atoms in total. The third-order valence-corrected chi connectivity index (χ3v) is 8.99. The summed E-state index contributed by atoms with van der Waals surface area (Å²) < 4.78 is 0. The Labute approximate surface area is 160 Å². The van der Waals surface area contributed by atoms with Gasteiger partial charge in [0, 0.05) is 6.42 Å². The quantitative estimate of drug-likeness (QED) is 0.527. The van der Waals surface area contributed by atoms with Gasteiger partial charge < -0.3 is 0 Å². The largest absolute Gasteiger partial charge is 0.295 e. The lowest BCUT2D eigenvalue weighted by Gasteiger charge is -2.57. The summed E-state index contributed by atoms with van der Waals surface area (Å²) in [6, 6.07) is 0. The second-order valence-electron chi connectivity index (χ2n) is 9.83. The summed E-state index contributed by atoms with van der Waals surface area (Å²) >= 11 is 0. The average molecular weight is 353 g/mol. The minimum Gasteiger partial charge on any atom is -0.295 e. The Morgan fingerprint density at radius 1 is 1.31 bits per heavy atom. The third kappa shape index (κ3) is 2.69. The molecule has 7 atom stereocenters. The number of carbonyl (C=O) groups is 1. The predicted octanol–water partition coefficient (Wildman–Crippen LogP) is 6.51. The molecule has 0 aromatic rings. The van der Waals surface area contributed by atoms with E-state index < -0.39 is 0 Å². The van der Waals surface area contributed by atoms with Gasteiger partial charge in [-0.05, 0) is 98.4 Å². The van der Waals surface area contributed by atoms with Gasteiger partial charge in [0.2, 0.25) is 0 Å². The van der Waals surface area contributed by atoms with E-state index >= 15 is 0 Å². The number of carbonyl (C=O) groups excluding carboxylic acids is 1. The summed E-state index contributed by atoms with van der Waals surface area (Å²) in [7, 11) is 0. The molecule has 7 unspecified atom stereocenters. The van der Waals surface area contributed by atoms with Gasteiger partial charge in [-0.15, -0.1) is 0 Å². The number of allylic oxidation sites excluding steroid dienone is 3. The van der Waals surface area contributed by atoms with Gasteiger partial charge in [-0.25, -0.2) is 0 Å². The minimum absolute atomic E-state index is 0.379. The zero-order valence-electron chi connectivity index (χ0n) is 16.8. The summed E-state index contributed by atoms with van der Waals surface area (Å²) in [6.07, 6.45) is 15.2. The Hall–Kier alpha value is -1.11. The number of hydrogen-bond donors (Lipinski definition) is 0. The van der Waals surface area contributed by atoms with Gasteiger partial charge in [0.05, 0.1) is 0 Å². The third-order valence-electron chi connectivity index (χ3n) is 8.99. The van der Waals surface area contributed by atoms with Crippen molar-refractivity contribution in [3.63, 3.8) is 0 Å². The highest BCUT2D eigenvalue weighted by Crippen LogP contribution is 2.66. The first-order chi connectivity index (χ1) is 12.5. The smallest absolute Gasteiger partial charge is 0.155 e. The summed E-state index contributed by atoms with van der Waals surface area (Å²) in [6.45, 7) is 13.1. The molecule has 142 valence electrons. The van der Waals surface area contributed by atoms with E-state index in [4.69, 9.17) is 0 Å². The summed E-state index contributed by atoms with van der Waals surface area (Å²) in [5.41, 5.74) is 3.28. The zero-order valence-corrected chi connectivity index (χ0v) is 16.8. The lowest BCUT2D eigenvalue weighted by molar-refractivity contribution is -0.116. The van der Waals surface area contributed by atoms with Crippen LogP contribution in [0.1, 0.15) is 71.6 Å². The number of rotatable bonds is 4. The number of hydrogen-bond acceptors (Lipinski definition) is 1. The van der Waals surface area contributed by atoms with Crippen molar-refractivity contribution in [3.8, 4) is 0 Å². The monoisotopic (exact) mass is 352 g/mol. The van der Waals surface area contributed by atoms with Crippen molar-refractivity contribution in [2.75, 3.05) is 0 Å². The molecular formula is C25H36O. The molecule has 4 aliphatic carbocycles. The molecule has 0 radical (unpaired) electrons. The van der Waals surface area contributed by atoms with Crippen molar-refractivity contribution in [2.24, 2.45) is 40.9 Å². The second kappa shape index (κ2) is 6.80. The topological polar surface area (TPSA) is 17.1 Å². The van der Waals surface area contributed by atoms with Crippen molar-refractivity contribution in [2.45, 2.75) is 71.6 Å². The van der Waals surface area contributed by atoms with E-state index in [0.717, 1.165) is 48.9 Å². The molecule has 0 N–H and O–H groups in total. The molecule has 0 aromatic carbocycles. The van der Waals surface area contributed by atoms with E-state index in [1.807, 2.05) is 12.2 Å². The van der Waals surface area contributed by atoms with Crippen LogP contribution in [0.2, 0.25) is 0 Å². The first kappa shape index (κ1) is 18.3. The SMILES string of the molecule is C=CC(=C)CC1CCC2C3C(C)CC4=CC(=O)CCC4C3CCC12CC. The molecule has 4 aliphatic rings. The fourth-order valence-corrected chi connectivity index (χ4v) is 7.95. The molecule has 4 rings (SSSR count). The van der Waals surface area contributed by atoms with Crippen molar-refractivity contribution in [3.05, 3.63) is 36.5 Å². The molecule has 3 fully saturated rings. The Balaban J connectivity index is 1.63. The molecule has 0 amide bonds. The van der Waals surface area contributed by atoms with Gasteiger partial charge in [-0.2, -0.15) is 0 Å². The van der Waals surface area contributed by atoms with Crippen LogP contribution in [0.5, 0.6) is 0 Å². The standard InChI is InChI=1S/C25H36O/c1-5-16(3)13-19-7-10-23-24-17(4)14-18-15-20(26)8-9-21(18)22(24)11-12-25(19,23)6-2/h5,15,17,19,21-24H,1,3,6-14H2,2,4H3. The van der Waals surface area contributed by atoms with Crippen LogP contribution in [0.3, 0.4) is 0 Å². The van der Waals surface area contributed by atoms with E-state index in [-0.39, 0.29) is 0 Å². The molecule has 0 heterocycles. The lowest BCUT2D eigenvalue weighted by Crippen LogP contribution is -2.50. The normalized spacial score (nSPS) is 44.5. The maximum Gasteiger partial charge on any atom is 0.155 e. The molecule has 3 saturated carbocycles. The maximum absolute atomic E-state index is 11.9. The highest BCUT2D eigenvalue weighted by molar-refractivity contribution is 5.91.